The fourth-order valence-corrected chi connectivity index (χ4v) is 1.94. The van der Waals surface area contributed by atoms with Crippen LogP contribution in [-0.4, -0.2) is 16.3 Å². The third kappa shape index (κ3) is 2.87. The highest BCUT2D eigenvalue weighted by Gasteiger charge is 2.05. The standard InChI is InChI=1S/C12H14BrN3O/c13-11-3-1-9(2-4-11)8-16-12(17)10(5-6-14)7-15-16/h1-4,7,15H,5-6,8,14H2. The number of hydrogen-bond acceptors (Lipinski definition) is 2. The van der Waals surface area contributed by atoms with Crippen molar-refractivity contribution in [1.29, 1.82) is 0 Å². The Labute approximate surface area is 108 Å². The number of aromatic amines is 1. The molecule has 0 aliphatic heterocycles. The minimum atomic E-state index is 0.0124. The van der Waals surface area contributed by atoms with Crippen molar-refractivity contribution in [2.75, 3.05) is 6.54 Å². The Kier molecular flexibility index (Phi) is 3.81. The number of nitrogens with one attached hydrogen (secondary N) is 1. The number of H-pyrrole nitrogens is 1. The third-order valence-electron chi connectivity index (χ3n) is 2.58. The summed E-state index contributed by atoms with van der Waals surface area (Å²) in [6, 6.07) is 7.90. The Balaban J connectivity index is 2.19. The van der Waals surface area contributed by atoms with Gasteiger partial charge in [0.1, 0.15) is 0 Å². The molecule has 0 aliphatic rings. The number of nitrogens with two attached hydrogens (primary N) is 1. The van der Waals surface area contributed by atoms with Crippen molar-refractivity contribution < 1.29 is 0 Å². The van der Waals surface area contributed by atoms with Crippen molar-refractivity contribution in [2.45, 2.75) is 13.0 Å². The number of halogens is 1. The fourth-order valence-electron chi connectivity index (χ4n) is 1.67. The van der Waals surface area contributed by atoms with Gasteiger partial charge < -0.3 is 10.8 Å². The van der Waals surface area contributed by atoms with E-state index in [9.17, 15) is 4.79 Å². The summed E-state index contributed by atoms with van der Waals surface area (Å²) in [5.74, 6) is 0. The first-order valence-corrected chi connectivity index (χ1v) is 6.21. The number of rotatable bonds is 4. The smallest absolute Gasteiger partial charge is 0.269 e. The second kappa shape index (κ2) is 5.33. The minimum Gasteiger partial charge on any atom is -0.330 e. The zero-order valence-electron chi connectivity index (χ0n) is 9.32. The fraction of sp³-hybridized carbons (Fsp3) is 0.250. The van der Waals surface area contributed by atoms with Crippen molar-refractivity contribution in [1.82, 2.24) is 9.78 Å². The zero-order valence-corrected chi connectivity index (χ0v) is 10.9. The Morgan fingerprint density at radius 3 is 2.65 bits per heavy atom. The highest BCUT2D eigenvalue weighted by atomic mass is 79.9. The van der Waals surface area contributed by atoms with Crippen LogP contribution < -0.4 is 11.3 Å². The monoisotopic (exact) mass is 295 g/mol. The molecule has 0 atom stereocenters. The molecule has 0 aliphatic carbocycles. The predicted molar refractivity (Wildman–Crippen MR) is 71.1 cm³/mol. The van der Waals surface area contributed by atoms with Gasteiger partial charge in [-0.05, 0) is 30.7 Å². The molecule has 0 saturated carbocycles. The van der Waals surface area contributed by atoms with Crippen LogP contribution in [0.3, 0.4) is 0 Å². The van der Waals surface area contributed by atoms with E-state index in [0.717, 1.165) is 15.6 Å². The summed E-state index contributed by atoms with van der Waals surface area (Å²) in [6.45, 7) is 1.04. The molecule has 0 spiro atoms. The number of aromatic nitrogens is 2. The molecule has 0 saturated heterocycles. The number of hydrogen-bond donors (Lipinski definition) is 2. The Hall–Kier alpha value is -1.33. The molecular weight excluding hydrogens is 282 g/mol. The second-order valence-corrected chi connectivity index (χ2v) is 4.77. The highest BCUT2D eigenvalue weighted by molar-refractivity contribution is 9.10. The summed E-state index contributed by atoms with van der Waals surface area (Å²) in [4.78, 5) is 11.9. The van der Waals surface area contributed by atoms with Crippen molar-refractivity contribution in [3.8, 4) is 0 Å². The van der Waals surface area contributed by atoms with Gasteiger partial charge in [0.15, 0.2) is 0 Å². The molecule has 5 heteroatoms. The lowest BCUT2D eigenvalue weighted by molar-refractivity contribution is 0.662. The molecule has 4 nitrogen and oxygen atoms in total. The van der Waals surface area contributed by atoms with E-state index in [-0.39, 0.29) is 5.56 Å². The number of benzene rings is 1. The first kappa shape index (κ1) is 12.1. The lowest BCUT2D eigenvalue weighted by Crippen LogP contribution is -2.21. The van der Waals surface area contributed by atoms with Crippen LogP contribution in [0.1, 0.15) is 11.1 Å². The maximum absolute atomic E-state index is 11.9. The van der Waals surface area contributed by atoms with Gasteiger partial charge in [-0.3, -0.25) is 4.79 Å². The van der Waals surface area contributed by atoms with E-state index < -0.39 is 0 Å². The van der Waals surface area contributed by atoms with Crippen LogP contribution in [0.5, 0.6) is 0 Å². The van der Waals surface area contributed by atoms with Gasteiger partial charge in [-0.15, -0.1) is 0 Å². The molecule has 0 radical (unpaired) electrons. The van der Waals surface area contributed by atoms with Crippen LogP contribution in [0.15, 0.2) is 39.7 Å². The number of nitrogens with zero attached hydrogens (tertiary/aromatic N) is 1. The molecule has 90 valence electrons. The Morgan fingerprint density at radius 2 is 2.00 bits per heavy atom. The molecule has 17 heavy (non-hydrogen) atoms. The summed E-state index contributed by atoms with van der Waals surface area (Å²) in [6.07, 6.45) is 2.34. The molecule has 1 heterocycles. The maximum atomic E-state index is 11.9. The van der Waals surface area contributed by atoms with E-state index in [0.29, 0.717) is 19.5 Å². The molecule has 2 rings (SSSR count). The van der Waals surface area contributed by atoms with Crippen molar-refractivity contribution >= 4 is 15.9 Å². The average molecular weight is 296 g/mol. The van der Waals surface area contributed by atoms with E-state index in [1.807, 2.05) is 24.3 Å². The highest BCUT2D eigenvalue weighted by Crippen LogP contribution is 2.10. The average Bonchev–Trinajstić information content (AvgIpc) is 2.65. The maximum Gasteiger partial charge on any atom is 0.269 e. The Morgan fingerprint density at radius 1 is 1.29 bits per heavy atom. The van der Waals surface area contributed by atoms with E-state index in [1.165, 1.54) is 0 Å². The van der Waals surface area contributed by atoms with Crippen molar-refractivity contribution in [2.24, 2.45) is 5.73 Å². The van der Waals surface area contributed by atoms with Gasteiger partial charge in [0.05, 0.1) is 6.54 Å². The van der Waals surface area contributed by atoms with Crippen molar-refractivity contribution in [3.05, 3.63) is 56.4 Å². The normalized spacial score (nSPS) is 10.7. The van der Waals surface area contributed by atoms with Crippen LogP contribution in [0.25, 0.3) is 0 Å². The van der Waals surface area contributed by atoms with Crippen LogP contribution in [0, 0.1) is 0 Å². The zero-order chi connectivity index (χ0) is 12.3. The van der Waals surface area contributed by atoms with E-state index in [1.54, 1.807) is 10.9 Å². The van der Waals surface area contributed by atoms with E-state index in [2.05, 4.69) is 21.0 Å². The van der Waals surface area contributed by atoms with Gasteiger partial charge in [0.25, 0.3) is 5.56 Å². The van der Waals surface area contributed by atoms with Crippen molar-refractivity contribution in [3.63, 3.8) is 0 Å². The minimum absolute atomic E-state index is 0.0124. The summed E-state index contributed by atoms with van der Waals surface area (Å²) < 4.78 is 2.62. The third-order valence-corrected chi connectivity index (χ3v) is 3.11. The summed E-state index contributed by atoms with van der Waals surface area (Å²) in [5, 5.41) is 2.96. The summed E-state index contributed by atoms with van der Waals surface area (Å²) >= 11 is 3.38. The van der Waals surface area contributed by atoms with Gasteiger partial charge >= 0.3 is 0 Å². The molecule has 0 bridgehead atoms. The molecule has 1 aromatic heterocycles. The van der Waals surface area contributed by atoms with Crippen LogP contribution in [0.4, 0.5) is 0 Å². The molecule has 0 unspecified atom stereocenters. The largest absolute Gasteiger partial charge is 0.330 e. The van der Waals surface area contributed by atoms with Crippen LogP contribution in [-0.2, 0) is 13.0 Å². The first-order chi connectivity index (χ1) is 8.20. The topological polar surface area (TPSA) is 63.8 Å². The van der Waals surface area contributed by atoms with Gasteiger partial charge in [0.2, 0.25) is 0 Å². The first-order valence-electron chi connectivity index (χ1n) is 5.42. The molecule has 1 aromatic carbocycles. The second-order valence-electron chi connectivity index (χ2n) is 3.86. The molecular formula is C12H14BrN3O. The molecule has 2 aromatic rings. The molecule has 3 N–H and O–H groups in total. The Bertz CT molecular complexity index is 542. The molecule has 0 fully saturated rings. The SMILES string of the molecule is NCCc1c[nH]n(Cc2ccc(Br)cc2)c1=O. The predicted octanol–water partition coefficient (Wildman–Crippen LogP) is 1.49. The van der Waals surface area contributed by atoms with Gasteiger partial charge in [-0.25, -0.2) is 4.68 Å². The van der Waals surface area contributed by atoms with Gasteiger partial charge in [-0.1, -0.05) is 28.1 Å². The van der Waals surface area contributed by atoms with Gasteiger partial charge in [0, 0.05) is 16.2 Å². The molecule has 0 amide bonds. The van der Waals surface area contributed by atoms with E-state index in [4.69, 9.17) is 5.73 Å². The van der Waals surface area contributed by atoms with E-state index >= 15 is 0 Å². The lowest BCUT2D eigenvalue weighted by Gasteiger charge is -2.02. The van der Waals surface area contributed by atoms with Crippen LogP contribution in [0.2, 0.25) is 0 Å². The summed E-state index contributed by atoms with van der Waals surface area (Å²) in [7, 11) is 0. The summed E-state index contributed by atoms with van der Waals surface area (Å²) in [5.41, 5.74) is 7.27. The van der Waals surface area contributed by atoms with Crippen LogP contribution >= 0.6 is 15.9 Å². The van der Waals surface area contributed by atoms with Gasteiger partial charge in [-0.2, -0.15) is 0 Å². The lowest BCUT2D eigenvalue weighted by atomic mass is 10.2. The quantitative estimate of drug-likeness (QED) is 0.898.